The number of carbonyl (C=O) groups excluding carboxylic acids is 3. The maximum atomic E-state index is 12.8. The van der Waals surface area contributed by atoms with Crippen molar-refractivity contribution >= 4 is 35.0 Å². The molecule has 1 aliphatic heterocycles. The van der Waals surface area contributed by atoms with Crippen molar-refractivity contribution in [3.05, 3.63) is 34.5 Å². The molecular weight excluding hydrogens is 402 g/mol. The van der Waals surface area contributed by atoms with Crippen LogP contribution in [0.3, 0.4) is 0 Å². The Kier molecular flexibility index (Phi) is 5.90. The summed E-state index contributed by atoms with van der Waals surface area (Å²) in [4.78, 5) is 45.8. The number of hydrogen-bond acceptors (Lipinski definition) is 5. The van der Waals surface area contributed by atoms with Gasteiger partial charge in [0.05, 0.1) is 18.4 Å². The number of allylic oxidation sites excluding steroid dienone is 2. The first-order valence-corrected chi connectivity index (χ1v) is 11.1. The molecule has 0 aromatic carbocycles. The number of carbonyl (C=O) groups is 3. The lowest BCUT2D eigenvalue weighted by Gasteiger charge is -2.19. The summed E-state index contributed by atoms with van der Waals surface area (Å²) < 4.78 is 0. The molecule has 0 spiro atoms. The van der Waals surface area contributed by atoms with Crippen LogP contribution in [0.15, 0.2) is 34.7 Å². The van der Waals surface area contributed by atoms with Crippen LogP contribution in [-0.2, 0) is 20.9 Å². The zero-order chi connectivity index (χ0) is 21.3. The Morgan fingerprint density at radius 2 is 1.90 bits per heavy atom. The Labute approximate surface area is 180 Å². The Hall–Kier alpha value is -2.68. The molecule has 4 unspecified atom stereocenters. The highest BCUT2D eigenvalue weighted by Gasteiger charge is 2.58. The van der Waals surface area contributed by atoms with Crippen molar-refractivity contribution in [2.75, 3.05) is 33.7 Å². The number of amides is 3. The molecule has 1 saturated heterocycles. The van der Waals surface area contributed by atoms with Gasteiger partial charge >= 0.3 is 0 Å². The average molecular weight is 430 g/mol. The van der Waals surface area contributed by atoms with Gasteiger partial charge in [-0.05, 0) is 29.7 Å². The SMILES string of the molecule is CN(C)C(=O)CN=C(NCCN1C(=O)C2C3C=CC(C3)C2C1=O)NCc1cccs1. The molecule has 8 nitrogen and oxygen atoms in total. The van der Waals surface area contributed by atoms with Crippen molar-refractivity contribution in [3.8, 4) is 0 Å². The van der Waals surface area contributed by atoms with E-state index in [-0.39, 0.29) is 47.9 Å². The number of thiophene rings is 1. The third-order valence-corrected chi connectivity index (χ3v) is 6.95. The zero-order valence-electron chi connectivity index (χ0n) is 17.2. The van der Waals surface area contributed by atoms with E-state index in [0.29, 0.717) is 25.6 Å². The fourth-order valence-corrected chi connectivity index (χ4v) is 5.16. The van der Waals surface area contributed by atoms with E-state index < -0.39 is 0 Å². The van der Waals surface area contributed by atoms with Crippen LogP contribution in [0.4, 0.5) is 0 Å². The first-order chi connectivity index (χ1) is 14.5. The van der Waals surface area contributed by atoms with E-state index in [4.69, 9.17) is 0 Å². The number of rotatable bonds is 7. The van der Waals surface area contributed by atoms with Gasteiger partial charge in [0.25, 0.3) is 0 Å². The Balaban J connectivity index is 1.34. The van der Waals surface area contributed by atoms with Crippen molar-refractivity contribution < 1.29 is 14.4 Å². The van der Waals surface area contributed by atoms with Crippen molar-refractivity contribution in [3.63, 3.8) is 0 Å². The highest BCUT2D eigenvalue weighted by atomic mass is 32.1. The van der Waals surface area contributed by atoms with Crippen molar-refractivity contribution in [2.24, 2.45) is 28.7 Å². The van der Waals surface area contributed by atoms with Crippen LogP contribution in [0.1, 0.15) is 11.3 Å². The molecule has 2 heterocycles. The molecular formula is C21H27N5O3S. The monoisotopic (exact) mass is 429 g/mol. The number of nitrogens with one attached hydrogen (secondary N) is 2. The molecule has 4 atom stereocenters. The first kappa shape index (κ1) is 20.6. The number of nitrogens with zero attached hydrogens (tertiary/aromatic N) is 3. The molecule has 3 aliphatic rings. The number of aliphatic imine (C=N–C) groups is 1. The van der Waals surface area contributed by atoms with Gasteiger partial charge in [0.15, 0.2) is 5.96 Å². The fourth-order valence-electron chi connectivity index (χ4n) is 4.52. The molecule has 160 valence electrons. The van der Waals surface area contributed by atoms with Gasteiger partial charge in [-0.2, -0.15) is 0 Å². The molecule has 0 radical (unpaired) electrons. The first-order valence-electron chi connectivity index (χ1n) is 10.2. The zero-order valence-corrected chi connectivity index (χ0v) is 18.0. The Morgan fingerprint density at radius 1 is 1.20 bits per heavy atom. The number of hydrogen-bond donors (Lipinski definition) is 2. The van der Waals surface area contributed by atoms with Crippen LogP contribution < -0.4 is 10.6 Å². The largest absolute Gasteiger partial charge is 0.355 e. The molecule has 2 N–H and O–H groups in total. The minimum atomic E-state index is -0.171. The summed E-state index contributed by atoms with van der Waals surface area (Å²) in [5, 5.41) is 8.37. The van der Waals surface area contributed by atoms with E-state index in [2.05, 4.69) is 27.8 Å². The highest BCUT2D eigenvalue weighted by Crippen LogP contribution is 2.52. The maximum Gasteiger partial charge on any atom is 0.243 e. The molecule has 2 fully saturated rings. The van der Waals surface area contributed by atoms with Crippen LogP contribution in [0.2, 0.25) is 0 Å². The van der Waals surface area contributed by atoms with Crippen molar-refractivity contribution in [1.82, 2.24) is 20.4 Å². The van der Waals surface area contributed by atoms with E-state index >= 15 is 0 Å². The summed E-state index contributed by atoms with van der Waals surface area (Å²) in [5.74, 6) is 0.387. The lowest BCUT2D eigenvalue weighted by atomic mass is 9.85. The minimum absolute atomic E-state index is 0.0214. The van der Waals surface area contributed by atoms with Crippen LogP contribution in [0.5, 0.6) is 0 Å². The fraction of sp³-hybridized carbons (Fsp3) is 0.524. The van der Waals surface area contributed by atoms with Gasteiger partial charge in [-0.3, -0.25) is 19.3 Å². The second kappa shape index (κ2) is 8.59. The van der Waals surface area contributed by atoms with Gasteiger partial charge in [0.1, 0.15) is 6.54 Å². The van der Waals surface area contributed by atoms with Crippen LogP contribution in [0, 0.1) is 23.7 Å². The Bertz CT molecular complexity index is 849. The second-order valence-electron chi connectivity index (χ2n) is 8.14. The van der Waals surface area contributed by atoms with Gasteiger partial charge in [-0.15, -0.1) is 11.3 Å². The van der Waals surface area contributed by atoms with E-state index in [9.17, 15) is 14.4 Å². The van der Waals surface area contributed by atoms with Crippen LogP contribution in [-0.4, -0.2) is 67.2 Å². The summed E-state index contributed by atoms with van der Waals surface area (Å²) >= 11 is 1.63. The highest BCUT2D eigenvalue weighted by molar-refractivity contribution is 7.09. The lowest BCUT2D eigenvalue weighted by molar-refractivity contribution is -0.140. The number of fused-ring (bicyclic) bond motifs is 5. The molecule has 2 bridgehead atoms. The Morgan fingerprint density at radius 3 is 2.50 bits per heavy atom. The second-order valence-corrected chi connectivity index (χ2v) is 9.17. The number of likely N-dealkylation sites (tertiary alicyclic amines) is 1. The van der Waals surface area contributed by atoms with Gasteiger partial charge in [0, 0.05) is 32.1 Å². The predicted molar refractivity (Wildman–Crippen MR) is 115 cm³/mol. The average Bonchev–Trinajstić information content (AvgIpc) is 3.50. The number of likely N-dealkylation sites (N-methyl/N-ethyl adjacent to an activating group) is 1. The smallest absolute Gasteiger partial charge is 0.243 e. The van der Waals surface area contributed by atoms with Crippen molar-refractivity contribution in [2.45, 2.75) is 13.0 Å². The van der Waals surface area contributed by atoms with Gasteiger partial charge in [-0.1, -0.05) is 18.2 Å². The minimum Gasteiger partial charge on any atom is -0.355 e. The van der Waals surface area contributed by atoms with Crippen LogP contribution in [0.25, 0.3) is 0 Å². The third kappa shape index (κ3) is 3.98. The maximum absolute atomic E-state index is 12.8. The van der Waals surface area contributed by atoms with Crippen LogP contribution >= 0.6 is 11.3 Å². The lowest BCUT2D eigenvalue weighted by Crippen LogP contribution is -2.44. The van der Waals surface area contributed by atoms with Gasteiger partial charge < -0.3 is 15.5 Å². The normalized spacial score (nSPS) is 27.0. The third-order valence-electron chi connectivity index (χ3n) is 6.07. The molecule has 4 rings (SSSR count). The molecule has 3 amide bonds. The van der Waals surface area contributed by atoms with Gasteiger partial charge in [0.2, 0.25) is 17.7 Å². The molecule has 30 heavy (non-hydrogen) atoms. The number of guanidine groups is 1. The molecule has 9 heteroatoms. The topological polar surface area (TPSA) is 94.1 Å². The van der Waals surface area contributed by atoms with E-state index in [1.54, 1.807) is 25.4 Å². The standard InChI is InChI=1S/C21H27N5O3S/c1-25(2)16(27)12-24-21(23-11-15-4-3-9-30-15)22-7-8-26-19(28)17-13-5-6-14(10-13)18(17)20(26)29/h3-6,9,13-14,17-18H,7-8,10-12H2,1-2H3,(H2,22,23,24). The van der Waals surface area contributed by atoms with E-state index in [1.807, 2.05) is 17.5 Å². The molecule has 1 saturated carbocycles. The van der Waals surface area contributed by atoms with Crippen molar-refractivity contribution in [1.29, 1.82) is 0 Å². The summed E-state index contributed by atoms with van der Waals surface area (Å²) in [6, 6.07) is 3.99. The summed E-state index contributed by atoms with van der Waals surface area (Å²) in [6.45, 7) is 1.28. The predicted octanol–water partition coefficient (Wildman–Crippen LogP) is 0.679. The van der Waals surface area contributed by atoms with E-state index in [1.165, 1.54) is 9.80 Å². The summed E-state index contributed by atoms with van der Waals surface area (Å²) in [6.07, 6.45) is 5.13. The van der Waals surface area contributed by atoms with Gasteiger partial charge in [-0.25, -0.2) is 4.99 Å². The molecule has 1 aromatic heterocycles. The summed E-state index contributed by atoms with van der Waals surface area (Å²) in [5.41, 5.74) is 0. The summed E-state index contributed by atoms with van der Waals surface area (Å²) in [7, 11) is 3.38. The van der Waals surface area contributed by atoms with E-state index in [0.717, 1.165) is 11.3 Å². The number of imide groups is 1. The molecule has 1 aromatic rings. The quantitative estimate of drug-likeness (QED) is 0.288. The molecule has 2 aliphatic carbocycles.